The van der Waals surface area contributed by atoms with E-state index in [2.05, 4.69) is 19.2 Å². The molecule has 0 spiro atoms. The van der Waals surface area contributed by atoms with Gasteiger partial charge in [0.15, 0.2) is 0 Å². The van der Waals surface area contributed by atoms with Gasteiger partial charge in [0.05, 0.1) is 19.3 Å². The fourth-order valence-electron chi connectivity index (χ4n) is 1.58. The third kappa shape index (κ3) is 13.9. The first kappa shape index (κ1) is 17.8. The smallest absolute Gasteiger partial charge is 0.0704 e. The molecule has 0 fully saturated rings. The molecule has 1 unspecified atom stereocenters. The highest BCUT2D eigenvalue weighted by molar-refractivity contribution is 4.55. The largest absolute Gasteiger partial charge is 0.385 e. The van der Waals surface area contributed by atoms with Crippen LogP contribution in [0.15, 0.2) is 0 Å². The molecule has 0 aliphatic heterocycles. The van der Waals surface area contributed by atoms with Crippen LogP contribution in [0.5, 0.6) is 0 Å². The monoisotopic (exact) mass is 261 g/mol. The van der Waals surface area contributed by atoms with E-state index in [1.807, 2.05) is 0 Å². The summed E-state index contributed by atoms with van der Waals surface area (Å²) in [5, 5.41) is 3.41. The molecule has 0 radical (unpaired) electrons. The summed E-state index contributed by atoms with van der Waals surface area (Å²) in [5.74, 6) is 0. The summed E-state index contributed by atoms with van der Waals surface area (Å²) >= 11 is 0. The summed E-state index contributed by atoms with van der Waals surface area (Å²) in [7, 11) is 1.71. The number of methoxy groups -OCH3 is 1. The number of ether oxygens (including phenoxy) is 3. The quantitative estimate of drug-likeness (QED) is 0.487. The van der Waals surface area contributed by atoms with Crippen LogP contribution in [0.25, 0.3) is 0 Å². The van der Waals surface area contributed by atoms with Crippen LogP contribution in [0.2, 0.25) is 0 Å². The third-order valence-electron chi connectivity index (χ3n) is 2.66. The van der Waals surface area contributed by atoms with Crippen LogP contribution in [0.1, 0.15) is 39.5 Å². The fraction of sp³-hybridized carbons (Fsp3) is 1.00. The Morgan fingerprint density at radius 1 is 1.00 bits per heavy atom. The van der Waals surface area contributed by atoms with Crippen LogP contribution in [-0.4, -0.2) is 52.7 Å². The second-order valence-electron chi connectivity index (χ2n) is 4.55. The predicted molar refractivity (Wildman–Crippen MR) is 75.1 cm³/mol. The summed E-state index contributed by atoms with van der Waals surface area (Å²) in [4.78, 5) is 0. The molecule has 0 saturated heterocycles. The van der Waals surface area contributed by atoms with Gasteiger partial charge in [0.2, 0.25) is 0 Å². The molecular weight excluding hydrogens is 230 g/mol. The van der Waals surface area contributed by atoms with E-state index in [1.165, 1.54) is 19.3 Å². The molecule has 1 atom stereocenters. The Balaban J connectivity index is 3.09. The molecule has 0 aromatic carbocycles. The first-order valence-corrected chi connectivity index (χ1v) is 7.20. The molecular formula is C14H31NO3. The van der Waals surface area contributed by atoms with Crippen LogP contribution >= 0.6 is 0 Å². The van der Waals surface area contributed by atoms with E-state index >= 15 is 0 Å². The summed E-state index contributed by atoms with van der Waals surface area (Å²) in [6.07, 6.45) is 5.04. The predicted octanol–water partition coefficient (Wildman–Crippen LogP) is 2.22. The zero-order valence-corrected chi connectivity index (χ0v) is 12.4. The Labute approximate surface area is 112 Å². The van der Waals surface area contributed by atoms with E-state index in [1.54, 1.807) is 7.11 Å². The molecule has 18 heavy (non-hydrogen) atoms. The maximum atomic E-state index is 5.64. The first-order chi connectivity index (χ1) is 8.81. The second-order valence-corrected chi connectivity index (χ2v) is 4.55. The molecule has 110 valence electrons. The van der Waals surface area contributed by atoms with Gasteiger partial charge in [-0.15, -0.1) is 0 Å². The van der Waals surface area contributed by atoms with Gasteiger partial charge in [-0.1, -0.05) is 19.8 Å². The average Bonchev–Trinajstić information content (AvgIpc) is 2.37. The summed E-state index contributed by atoms with van der Waals surface area (Å²) in [6, 6.07) is 0. The van der Waals surface area contributed by atoms with Crippen LogP contribution in [-0.2, 0) is 14.2 Å². The van der Waals surface area contributed by atoms with Crippen molar-refractivity contribution in [2.24, 2.45) is 0 Å². The number of rotatable bonds is 14. The standard InChI is InChI=1S/C14H31NO3/c1-4-5-6-8-15-13-14(2)18-12-11-17-10-7-9-16-3/h14-15H,4-13H2,1-3H3. The molecule has 0 amide bonds. The van der Waals surface area contributed by atoms with Gasteiger partial charge in [-0.2, -0.15) is 0 Å². The molecule has 4 heteroatoms. The van der Waals surface area contributed by atoms with Gasteiger partial charge < -0.3 is 19.5 Å². The van der Waals surface area contributed by atoms with Crippen molar-refractivity contribution in [2.45, 2.75) is 45.6 Å². The molecule has 1 N–H and O–H groups in total. The lowest BCUT2D eigenvalue weighted by Gasteiger charge is -2.14. The number of hydrogen-bond donors (Lipinski definition) is 1. The van der Waals surface area contributed by atoms with Gasteiger partial charge in [0.1, 0.15) is 0 Å². The lowest BCUT2D eigenvalue weighted by molar-refractivity contribution is 0.00889. The van der Waals surface area contributed by atoms with Gasteiger partial charge in [0, 0.05) is 26.9 Å². The SMILES string of the molecule is CCCCCNCC(C)OCCOCCCOC. The van der Waals surface area contributed by atoms with Crippen LogP contribution in [0.3, 0.4) is 0 Å². The highest BCUT2D eigenvalue weighted by Gasteiger charge is 2.00. The van der Waals surface area contributed by atoms with Gasteiger partial charge in [-0.25, -0.2) is 0 Å². The Bertz CT molecular complexity index is 156. The maximum Gasteiger partial charge on any atom is 0.0704 e. The fourth-order valence-corrected chi connectivity index (χ4v) is 1.58. The van der Waals surface area contributed by atoms with Crippen LogP contribution < -0.4 is 5.32 Å². The summed E-state index contributed by atoms with van der Waals surface area (Å²) < 4.78 is 16.0. The van der Waals surface area contributed by atoms with Crippen LogP contribution in [0, 0.1) is 0 Å². The normalized spacial score (nSPS) is 12.8. The summed E-state index contributed by atoms with van der Waals surface area (Å²) in [6.45, 7) is 9.19. The molecule has 0 bridgehead atoms. The minimum atomic E-state index is 0.259. The highest BCUT2D eigenvalue weighted by atomic mass is 16.5. The van der Waals surface area contributed by atoms with Crippen molar-refractivity contribution < 1.29 is 14.2 Å². The van der Waals surface area contributed by atoms with Crippen molar-refractivity contribution in [3.8, 4) is 0 Å². The lowest BCUT2D eigenvalue weighted by Crippen LogP contribution is -2.28. The van der Waals surface area contributed by atoms with E-state index in [4.69, 9.17) is 14.2 Å². The Morgan fingerprint density at radius 3 is 2.56 bits per heavy atom. The lowest BCUT2D eigenvalue weighted by atomic mass is 10.2. The van der Waals surface area contributed by atoms with Crippen molar-refractivity contribution in [3.05, 3.63) is 0 Å². The van der Waals surface area contributed by atoms with E-state index in [0.29, 0.717) is 13.2 Å². The number of nitrogens with one attached hydrogen (secondary N) is 1. The molecule has 4 nitrogen and oxygen atoms in total. The number of hydrogen-bond acceptors (Lipinski definition) is 4. The molecule has 0 aliphatic rings. The first-order valence-electron chi connectivity index (χ1n) is 7.20. The second kappa shape index (κ2) is 14.9. The van der Waals surface area contributed by atoms with Crippen molar-refractivity contribution in [1.29, 1.82) is 0 Å². The van der Waals surface area contributed by atoms with Crippen molar-refractivity contribution in [1.82, 2.24) is 5.32 Å². The summed E-state index contributed by atoms with van der Waals surface area (Å²) in [5.41, 5.74) is 0. The van der Waals surface area contributed by atoms with Gasteiger partial charge >= 0.3 is 0 Å². The van der Waals surface area contributed by atoms with Crippen molar-refractivity contribution in [3.63, 3.8) is 0 Å². The topological polar surface area (TPSA) is 39.7 Å². The van der Waals surface area contributed by atoms with E-state index in [-0.39, 0.29) is 6.10 Å². The van der Waals surface area contributed by atoms with Gasteiger partial charge in [0.25, 0.3) is 0 Å². The van der Waals surface area contributed by atoms with E-state index in [9.17, 15) is 0 Å². The third-order valence-corrected chi connectivity index (χ3v) is 2.66. The Kier molecular flexibility index (Phi) is 14.8. The maximum absolute atomic E-state index is 5.64. The number of unbranched alkanes of at least 4 members (excludes halogenated alkanes) is 2. The van der Waals surface area contributed by atoms with E-state index < -0.39 is 0 Å². The minimum absolute atomic E-state index is 0.259. The molecule has 0 rings (SSSR count). The van der Waals surface area contributed by atoms with Crippen LogP contribution in [0.4, 0.5) is 0 Å². The molecule has 0 aromatic heterocycles. The Hall–Kier alpha value is -0.160. The van der Waals surface area contributed by atoms with Gasteiger partial charge in [-0.3, -0.25) is 0 Å². The molecule has 0 saturated carbocycles. The minimum Gasteiger partial charge on any atom is -0.385 e. The van der Waals surface area contributed by atoms with Gasteiger partial charge in [-0.05, 0) is 26.3 Å². The zero-order chi connectivity index (χ0) is 13.5. The zero-order valence-electron chi connectivity index (χ0n) is 12.4. The van der Waals surface area contributed by atoms with E-state index in [0.717, 1.165) is 32.7 Å². The van der Waals surface area contributed by atoms with Crippen molar-refractivity contribution in [2.75, 3.05) is 46.6 Å². The molecule has 0 heterocycles. The van der Waals surface area contributed by atoms with Crippen molar-refractivity contribution >= 4 is 0 Å². The average molecular weight is 261 g/mol. The Morgan fingerprint density at radius 2 is 1.83 bits per heavy atom. The molecule has 0 aliphatic carbocycles. The highest BCUT2D eigenvalue weighted by Crippen LogP contribution is 1.93. The molecule has 0 aromatic rings.